The van der Waals surface area contributed by atoms with Crippen molar-refractivity contribution < 1.29 is 4.42 Å². The summed E-state index contributed by atoms with van der Waals surface area (Å²) in [5, 5.41) is 0. The Morgan fingerprint density at radius 1 is 1.09 bits per heavy atom. The van der Waals surface area contributed by atoms with Crippen molar-refractivity contribution in [1.29, 1.82) is 0 Å². The first-order valence-corrected chi connectivity index (χ1v) is 8.51. The lowest BCUT2D eigenvalue weighted by Gasteiger charge is -2.18. The average molecular weight is 424 g/mol. The lowest BCUT2D eigenvalue weighted by atomic mass is 9.87. The summed E-state index contributed by atoms with van der Waals surface area (Å²) in [7, 11) is 0. The molecule has 3 nitrogen and oxygen atoms in total. The molecule has 3 aromatic rings. The summed E-state index contributed by atoms with van der Waals surface area (Å²) < 4.78 is 7.41. The SMILES string of the molecule is CC(C)(C)c1ccc(-c2nc3c(Br)c(N)c(Br)cc3o2)cc1. The normalized spacial score (nSPS) is 12.0. The number of hydrogen-bond donors (Lipinski definition) is 1. The van der Waals surface area contributed by atoms with Crippen molar-refractivity contribution in [1.82, 2.24) is 4.98 Å². The van der Waals surface area contributed by atoms with Crippen LogP contribution >= 0.6 is 31.9 Å². The van der Waals surface area contributed by atoms with Gasteiger partial charge in [-0.3, -0.25) is 0 Å². The van der Waals surface area contributed by atoms with E-state index >= 15 is 0 Å². The maximum absolute atomic E-state index is 5.99. The summed E-state index contributed by atoms with van der Waals surface area (Å²) in [4.78, 5) is 4.56. The zero-order valence-electron chi connectivity index (χ0n) is 12.6. The van der Waals surface area contributed by atoms with Gasteiger partial charge in [-0.15, -0.1) is 0 Å². The summed E-state index contributed by atoms with van der Waals surface area (Å²) >= 11 is 6.90. The molecular formula is C17H16Br2N2O. The van der Waals surface area contributed by atoms with Gasteiger partial charge in [-0.05, 0) is 61.0 Å². The molecule has 22 heavy (non-hydrogen) atoms. The summed E-state index contributed by atoms with van der Waals surface area (Å²) in [5.74, 6) is 0.591. The van der Waals surface area contributed by atoms with Crippen LogP contribution in [-0.4, -0.2) is 4.98 Å². The second-order valence-electron chi connectivity index (χ2n) is 6.28. The molecule has 0 amide bonds. The lowest BCUT2D eigenvalue weighted by molar-refractivity contribution is 0.589. The molecule has 0 saturated heterocycles. The van der Waals surface area contributed by atoms with Crippen LogP contribution in [0.25, 0.3) is 22.6 Å². The third-order valence-corrected chi connectivity index (χ3v) is 5.07. The van der Waals surface area contributed by atoms with E-state index in [0.717, 1.165) is 20.0 Å². The second-order valence-corrected chi connectivity index (χ2v) is 7.93. The zero-order valence-corrected chi connectivity index (χ0v) is 15.7. The van der Waals surface area contributed by atoms with Gasteiger partial charge >= 0.3 is 0 Å². The lowest BCUT2D eigenvalue weighted by Crippen LogP contribution is -2.10. The molecule has 0 aliphatic rings. The second kappa shape index (κ2) is 5.39. The van der Waals surface area contributed by atoms with Crippen LogP contribution in [0.2, 0.25) is 0 Å². The molecule has 0 saturated carbocycles. The van der Waals surface area contributed by atoms with Crippen molar-refractivity contribution in [2.45, 2.75) is 26.2 Å². The van der Waals surface area contributed by atoms with E-state index in [1.807, 2.05) is 18.2 Å². The van der Waals surface area contributed by atoms with Gasteiger partial charge in [-0.25, -0.2) is 4.98 Å². The molecule has 0 aliphatic carbocycles. The molecule has 5 heteroatoms. The highest BCUT2D eigenvalue weighted by molar-refractivity contribution is 9.11. The van der Waals surface area contributed by atoms with Crippen LogP contribution in [-0.2, 0) is 5.41 Å². The maximum atomic E-state index is 5.99. The van der Waals surface area contributed by atoms with Crippen LogP contribution in [0.15, 0.2) is 43.7 Å². The molecule has 0 bridgehead atoms. The number of halogens is 2. The van der Waals surface area contributed by atoms with Crippen LogP contribution < -0.4 is 5.73 Å². The smallest absolute Gasteiger partial charge is 0.227 e. The molecule has 0 aliphatic heterocycles. The number of hydrogen-bond acceptors (Lipinski definition) is 3. The molecule has 0 spiro atoms. The van der Waals surface area contributed by atoms with Gasteiger partial charge in [-0.1, -0.05) is 32.9 Å². The van der Waals surface area contributed by atoms with Gasteiger partial charge in [0.2, 0.25) is 5.89 Å². The molecule has 0 atom stereocenters. The Labute approximate surface area is 146 Å². The minimum Gasteiger partial charge on any atom is -0.436 e. The predicted octanol–water partition coefficient (Wildman–Crippen LogP) is 5.90. The minimum absolute atomic E-state index is 0.127. The van der Waals surface area contributed by atoms with Crippen LogP contribution in [0.3, 0.4) is 0 Å². The number of fused-ring (bicyclic) bond motifs is 1. The van der Waals surface area contributed by atoms with E-state index in [4.69, 9.17) is 10.2 Å². The van der Waals surface area contributed by atoms with E-state index in [9.17, 15) is 0 Å². The molecule has 0 radical (unpaired) electrons. The first kappa shape index (κ1) is 15.6. The van der Waals surface area contributed by atoms with E-state index in [1.54, 1.807) is 0 Å². The largest absolute Gasteiger partial charge is 0.436 e. The van der Waals surface area contributed by atoms with Crippen molar-refractivity contribution in [3.63, 3.8) is 0 Å². The van der Waals surface area contributed by atoms with E-state index in [-0.39, 0.29) is 5.41 Å². The maximum Gasteiger partial charge on any atom is 0.227 e. The van der Waals surface area contributed by atoms with E-state index in [0.29, 0.717) is 17.2 Å². The van der Waals surface area contributed by atoms with Crippen LogP contribution in [0.1, 0.15) is 26.3 Å². The Morgan fingerprint density at radius 2 is 1.73 bits per heavy atom. The van der Waals surface area contributed by atoms with Crippen LogP contribution in [0, 0.1) is 0 Å². The topological polar surface area (TPSA) is 52.0 Å². The highest BCUT2D eigenvalue weighted by Gasteiger charge is 2.17. The Balaban J connectivity index is 2.09. The average Bonchev–Trinajstić information content (AvgIpc) is 2.88. The molecule has 2 N–H and O–H groups in total. The molecule has 114 valence electrons. The number of nitrogen functional groups attached to an aromatic ring is 1. The van der Waals surface area contributed by atoms with Gasteiger partial charge in [0.1, 0.15) is 5.52 Å². The first-order chi connectivity index (χ1) is 10.3. The number of oxazole rings is 1. The van der Waals surface area contributed by atoms with Gasteiger partial charge in [0.15, 0.2) is 5.58 Å². The van der Waals surface area contributed by atoms with Gasteiger partial charge < -0.3 is 10.2 Å². The monoisotopic (exact) mass is 422 g/mol. The number of nitrogens with two attached hydrogens (primary N) is 1. The number of benzene rings is 2. The number of anilines is 1. The summed E-state index contributed by atoms with van der Waals surface area (Å²) in [5.41, 5.74) is 10.4. The van der Waals surface area contributed by atoms with Crippen molar-refractivity contribution in [2.75, 3.05) is 5.73 Å². The zero-order chi connectivity index (χ0) is 16.1. The highest BCUT2D eigenvalue weighted by atomic mass is 79.9. The Hall–Kier alpha value is -1.33. The van der Waals surface area contributed by atoms with Crippen molar-refractivity contribution in [3.05, 3.63) is 44.8 Å². The Morgan fingerprint density at radius 3 is 2.32 bits per heavy atom. The Kier molecular flexibility index (Phi) is 3.81. The fourth-order valence-corrected chi connectivity index (χ4v) is 3.42. The van der Waals surface area contributed by atoms with E-state index in [1.165, 1.54) is 5.56 Å². The standard InChI is InChI=1S/C17H16Br2N2O/c1-17(2,3)10-6-4-9(5-7-10)16-21-15-12(22-16)8-11(18)14(20)13(15)19/h4-8H,20H2,1-3H3. The highest BCUT2D eigenvalue weighted by Crippen LogP contribution is 2.37. The molecule has 0 unspecified atom stereocenters. The van der Waals surface area contributed by atoms with Crippen LogP contribution in [0.5, 0.6) is 0 Å². The van der Waals surface area contributed by atoms with Crippen LogP contribution in [0.4, 0.5) is 5.69 Å². The number of rotatable bonds is 1. The Bertz CT molecular complexity index is 846. The summed E-state index contributed by atoms with van der Waals surface area (Å²) in [6.07, 6.45) is 0. The molecule has 3 rings (SSSR count). The third kappa shape index (κ3) is 2.68. The third-order valence-electron chi connectivity index (χ3n) is 3.61. The van der Waals surface area contributed by atoms with Gasteiger partial charge in [0, 0.05) is 10.0 Å². The van der Waals surface area contributed by atoms with E-state index < -0.39 is 0 Å². The van der Waals surface area contributed by atoms with Crippen molar-refractivity contribution >= 4 is 48.6 Å². The molecule has 2 aromatic carbocycles. The molecule has 1 aromatic heterocycles. The fraction of sp³-hybridized carbons (Fsp3) is 0.235. The quantitative estimate of drug-likeness (QED) is 0.495. The number of aromatic nitrogens is 1. The minimum atomic E-state index is 0.127. The van der Waals surface area contributed by atoms with Gasteiger partial charge in [0.05, 0.1) is 10.2 Å². The molecule has 0 fully saturated rings. The van der Waals surface area contributed by atoms with Crippen molar-refractivity contribution in [2.24, 2.45) is 0 Å². The van der Waals surface area contributed by atoms with Gasteiger partial charge in [0.25, 0.3) is 0 Å². The van der Waals surface area contributed by atoms with Crippen molar-refractivity contribution in [3.8, 4) is 11.5 Å². The first-order valence-electron chi connectivity index (χ1n) is 6.92. The summed E-state index contributed by atoms with van der Waals surface area (Å²) in [6, 6.07) is 10.2. The molecular weight excluding hydrogens is 408 g/mol. The van der Waals surface area contributed by atoms with Gasteiger partial charge in [-0.2, -0.15) is 0 Å². The summed E-state index contributed by atoms with van der Waals surface area (Å²) in [6.45, 7) is 6.58. The van der Waals surface area contributed by atoms with E-state index in [2.05, 4.69) is 69.7 Å². The predicted molar refractivity (Wildman–Crippen MR) is 98.0 cm³/mol. The number of nitrogens with zero attached hydrogens (tertiary/aromatic N) is 1. The fourth-order valence-electron chi connectivity index (χ4n) is 2.25. The molecule has 1 heterocycles.